The Labute approximate surface area is 89.5 Å². The van der Waals surface area contributed by atoms with E-state index in [1.807, 2.05) is 13.0 Å². The minimum absolute atomic E-state index is 0.417. The summed E-state index contributed by atoms with van der Waals surface area (Å²) in [7, 11) is 0. The van der Waals surface area contributed by atoms with Crippen molar-refractivity contribution in [1.82, 2.24) is 4.98 Å². The zero-order valence-corrected chi connectivity index (χ0v) is 9.03. The molecule has 1 N–H and O–H groups in total. The summed E-state index contributed by atoms with van der Waals surface area (Å²) < 4.78 is 0. The van der Waals surface area contributed by atoms with Gasteiger partial charge in [0.1, 0.15) is 0 Å². The highest BCUT2D eigenvalue weighted by Gasteiger charge is 2.29. The van der Waals surface area contributed by atoms with Crippen LogP contribution in [-0.2, 0) is 11.2 Å². The Morgan fingerprint density at radius 3 is 2.80 bits per heavy atom. The van der Waals surface area contributed by atoms with Gasteiger partial charge in [0, 0.05) is 12.4 Å². The maximum atomic E-state index is 11.0. The van der Waals surface area contributed by atoms with Gasteiger partial charge in [-0.05, 0) is 31.4 Å². The molecule has 0 saturated heterocycles. The van der Waals surface area contributed by atoms with Crippen molar-refractivity contribution in [2.75, 3.05) is 0 Å². The van der Waals surface area contributed by atoms with E-state index in [4.69, 9.17) is 5.11 Å². The van der Waals surface area contributed by atoms with Crippen LogP contribution in [0.1, 0.15) is 18.1 Å². The molecular weight excluding hydrogens is 190 g/mol. The largest absolute Gasteiger partial charge is 0.481 e. The minimum atomic E-state index is -0.921. The summed E-state index contributed by atoms with van der Waals surface area (Å²) in [5, 5.41) is 9.07. The summed E-state index contributed by atoms with van der Waals surface area (Å²) in [6, 6.07) is 1.94. The van der Waals surface area contributed by atoms with Crippen LogP contribution in [0.4, 0.5) is 0 Å². The first-order chi connectivity index (χ1) is 6.98. The van der Waals surface area contributed by atoms with Crippen molar-refractivity contribution >= 4 is 5.97 Å². The van der Waals surface area contributed by atoms with Gasteiger partial charge in [-0.3, -0.25) is 9.78 Å². The Hall–Kier alpha value is -1.64. The molecule has 0 fully saturated rings. The summed E-state index contributed by atoms with van der Waals surface area (Å²) in [5.41, 5.74) is 1.03. The van der Waals surface area contributed by atoms with Gasteiger partial charge in [-0.25, -0.2) is 0 Å². The van der Waals surface area contributed by atoms with Crippen molar-refractivity contribution in [3.05, 3.63) is 42.2 Å². The zero-order valence-electron chi connectivity index (χ0n) is 9.03. The molecule has 3 heteroatoms. The normalized spacial score (nSPS) is 14.3. The second-order valence-corrected chi connectivity index (χ2v) is 3.97. The lowest BCUT2D eigenvalue weighted by Gasteiger charge is -2.20. The Bertz CT molecular complexity index is 387. The first kappa shape index (κ1) is 11.4. The summed E-state index contributed by atoms with van der Waals surface area (Å²) in [5.74, 6) is -0.862. The standard InChI is InChI=1S/C12H15NO2/c1-4-12(3,11(14)15)6-10-5-9(2)7-13-8-10/h4-5,7-8H,1,6H2,2-3H3,(H,14,15). The highest BCUT2D eigenvalue weighted by atomic mass is 16.4. The zero-order chi connectivity index (χ0) is 11.5. The van der Waals surface area contributed by atoms with E-state index in [1.54, 1.807) is 19.3 Å². The molecule has 0 bridgehead atoms. The molecule has 1 unspecified atom stereocenters. The Morgan fingerprint density at radius 2 is 2.33 bits per heavy atom. The van der Waals surface area contributed by atoms with Gasteiger partial charge in [0.15, 0.2) is 0 Å². The highest BCUT2D eigenvalue weighted by molar-refractivity contribution is 5.76. The number of pyridine rings is 1. The van der Waals surface area contributed by atoms with Gasteiger partial charge in [-0.1, -0.05) is 12.1 Å². The van der Waals surface area contributed by atoms with E-state index in [1.165, 1.54) is 6.08 Å². The van der Waals surface area contributed by atoms with Crippen LogP contribution in [0.15, 0.2) is 31.1 Å². The van der Waals surface area contributed by atoms with E-state index in [0.717, 1.165) is 11.1 Å². The lowest BCUT2D eigenvalue weighted by Crippen LogP contribution is -2.27. The quantitative estimate of drug-likeness (QED) is 0.767. The molecular formula is C12H15NO2. The fourth-order valence-electron chi connectivity index (χ4n) is 1.37. The van der Waals surface area contributed by atoms with E-state index in [9.17, 15) is 4.79 Å². The number of hydrogen-bond acceptors (Lipinski definition) is 2. The fraction of sp³-hybridized carbons (Fsp3) is 0.333. The number of carbonyl (C=O) groups is 1. The first-order valence-corrected chi connectivity index (χ1v) is 4.75. The number of carboxylic acid groups (broad SMARTS) is 1. The molecule has 1 atom stereocenters. The molecule has 0 spiro atoms. The van der Waals surface area contributed by atoms with E-state index < -0.39 is 11.4 Å². The molecule has 15 heavy (non-hydrogen) atoms. The van der Waals surface area contributed by atoms with Crippen LogP contribution < -0.4 is 0 Å². The molecule has 0 aromatic carbocycles. The van der Waals surface area contributed by atoms with Crippen molar-refractivity contribution < 1.29 is 9.90 Å². The number of aliphatic carboxylic acids is 1. The molecule has 1 aromatic heterocycles. The van der Waals surface area contributed by atoms with Crippen LogP contribution in [0.25, 0.3) is 0 Å². The van der Waals surface area contributed by atoms with Gasteiger partial charge in [0.25, 0.3) is 0 Å². The molecule has 3 nitrogen and oxygen atoms in total. The molecule has 0 amide bonds. The molecule has 1 heterocycles. The van der Waals surface area contributed by atoms with Crippen molar-refractivity contribution in [3.63, 3.8) is 0 Å². The minimum Gasteiger partial charge on any atom is -0.481 e. The van der Waals surface area contributed by atoms with Gasteiger partial charge in [0.05, 0.1) is 5.41 Å². The SMILES string of the molecule is C=CC(C)(Cc1cncc(C)c1)C(=O)O. The van der Waals surface area contributed by atoms with Crippen LogP contribution in [-0.4, -0.2) is 16.1 Å². The van der Waals surface area contributed by atoms with Crippen LogP contribution >= 0.6 is 0 Å². The molecule has 0 aliphatic carbocycles. The third-order valence-corrected chi connectivity index (χ3v) is 2.44. The summed E-state index contributed by atoms with van der Waals surface area (Å²) in [4.78, 5) is 15.1. The van der Waals surface area contributed by atoms with Crippen LogP contribution in [0.3, 0.4) is 0 Å². The van der Waals surface area contributed by atoms with Gasteiger partial charge in [0.2, 0.25) is 0 Å². The van der Waals surface area contributed by atoms with Crippen LogP contribution in [0.2, 0.25) is 0 Å². The third-order valence-electron chi connectivity index (χ3n) is 2.44. The average Bonchev–Trinajstić information content (AvgIpc) is 2.17. The highest BCUT2D eigenvalue weighted by Crippen LogP contribution is 2.24. The first-order valence-electron chi connectivity index (χ1n) is 4.75. The van der Waals surface area contributed by atoms with Crippen molar-refractivity contribution in [2.45, 2.75) is 20.3 Å². The van der Waals surface area contributed by atoms with Gasteiger partial charge >= 0.3 is 5.97 Å². The maximum absolute atomic E-state index is 11.0. The van der Waals surface area contributed by atoms with Crippen molar-refractivity contribution in [3.8, 4) is 0 Å². The smallest absolute Gasteiger partial charge is 0.313 e. The predicted molar refractivity (Wildman–Crippen MR) is 58.6 cm³/mol. The van der Waals surface area contributed by atoms with E-state index in [-0.39, 0.29) is 0 Å². The van der Waals surface area contributed by atoms with Crippen molar-refractivity contribution in [1.29, 1.82) is 0 Å². The van der Waals surface area contributed by atoms with E-state index in [0.29, 0.717) is 6.42 Å². The molecule has 0 radical (unpaired) electrons. The Balaban J connectivity index is 2.93. The third kappa shape index (κ3) is 2.65. The molecule has 0 saturated carbocycles. The molecule has 80 valence electrons. The summed E-state index contributed by atoms with van der Waals surface area (Å²) >= 11 is 0. The lowest BCUT2D eigenvalue weighted by atomic mass is 9.84. The van der Waals surface area contributed by atoms with Crippen molar-refractivity contribution in [2.24, 2.45) is 5.41 Å². The topological polar surface area (TPSA) is 50.2 Å². The van der Waals surface area contributed by atoms with Crippen LogP contribution in [0, 0.1) is 12.3 Å². The predicted octanol–water partition coefficient (Wildman–Crippen LogP) is 2.21. The number of carboxylic acids is 1. The molecule has 0 aliphatic heterocycles. The number of nitrogens with zero attached hydrogens (tertiary/aromatic N) is 1. The van der Waals surface area contributed by atoms with Crippen LogP contribution in [0.5, 0.6) is 0 Å². The Morgan fingerprint density at radius 1 is 1.67 bits per heavy atom. The van der Waals surface area contributed by atoms with E-state index >= 15 is 0 Å². The van der Waals surface area contributed by atoms with Gasteiger partial charge in [-0.2, -0.15) is 0 Å². The van der Waals surface area contributed by atoms with Gasteiger partial charge < -0.3 is 5.11 Å². The van der Waals surface area contributed by atoms with Gasteiger partial charge in [-0.15, -0.1) is 6.58 Å². The molecule has 1 aromatic rings. The number of aryl methyl sites for hydroxylation is 1. The van der Waals surface area contributed by atoms with E-state index in [2.05, 4.69) is 11.6 Å². The second kappa shape index (κ2) is 4.26. The monoisotopic (exact) mass is 205 g/mol. The summed E-state index contributed by atoms with van der Waals surface area (Å²) in [6.07, 6.45) is 5.32. The number of aromatic nitrogens is 1. The maximum Gasteiger partial charge on any atom is 0.313 e. The molecule has 1 rings (SSSR count). The number of hydrogen-bond donors (Lipinski definition) is 1. The average molecular weight is 205 g/mol. The number of rotatable bonds is 4. The second-order valence-electron chi connectivity index (χ2n) is 3.97. The summed E-state index contributed by atoms with van der Waals surface area (Å²) in [6.45, 7) is 7.16. The lowest BCUT2D eigenvalue weighted by molar-refractivity contribution is -0.145. The Kier molecular flexibility index (Phi) is 3.24. The fourth-order valence-corrected chi connectivity index (χ4v) is 1.37. The molecule has 0 aliphatic rings.